The van der Waals surface area contributed by atoms with Gasteiger partial charge in [0.15, 0.2) is 5.16 Å². The first-order valence-electron chi connectivity index (χ1n) is 6.19. The topological polar surface area (TPSA) is 60.4 Å². The number of nitrogens with zero attached hydrogens (tertiary/aromatic N) is 2. The Morgan fingerprint density at radius 1 is 1.15 bits per heavy atom. The Balaban J connectivity index is 1.97. The number of aromatic nitrogens is 2. The van der Waals surface area contributed by atoms with Gasteiger partial charge >= 0.3 is 0 Å². The lowest BCUT2D eigenvalue weighted by atomic mass is 10.1. The van der Waals surface area contributed by atoms with Gasteiger partial charge in [-0.1, -0.05) is 48.2 Å². The van der Waals surface area contributed by atoms with Crippen LogP contribution in [0.25, 0.3) is 5.52 Å². The molecule has 0 radical (unpaired) electrons. The van der Waals surface area contributed by atoms with Gasteiger partial charge < -0.3 is 5.73 Å². The number of benzene rings is 1. The summed E-state index contributed by atoms with van der Waals surface area (Å²) in [5, 5.41) is 0.315. The van der Waals surface area contributed by atoms with Crippen molar-refractivity contribution in [2.45, 2.75) is 10.4 Å². The lowest BCUT2D eigenvalue weighted by molar-refractivity contribution is -0.117. The van der Waals surface area contributed by atoms with E-state index >= 15 is 0 Å². The Labute approximate surface area is 120 Å². The zero-order chi connectivity index (χ0) is 13.9. The van der Waals surface area contributed by atoms with Crippen molar-refractivity contribution in [1.29, 1.82) is 0 Å². The molecule has 5 heteroatoms. The summed E-state index contributed by atoms with van der Waals surface area (Å²) in [6.07, 6.45) is 3.71. The van der Waals surface area contributed by atoms with E-state index in [4.69, 9.17) is 5.73 Å². The van der Waals surface area contributed by atoms with Crippen LogP contribution in [0.3, 0.4) is 0 Å². The van der Waals surface area contributed by atoms with Crippen LogP contribution in [0.1, 0.15) is 10.8 Å². The van der Waals surface area contributed by atoms with Crippen LogP contribution in [0.2, 0.25) is 0 Å². The standard InChI is InChI=1S/C15H13N3OS/c16-14(19)13(11-6-2-1-3-7-11)20-15-17-10-12-8-4-5-9-18(12)15/h1-10,13H,(H2,16,19)/t13-/m0/s1. The van der Waals surface area contributed by atoms with Crippen molar-refractivity contribution in [3.8, 4) is 0 Å². The minimum absolute atomic E-state index is 0.367. The van der Waals surface area contributed by atoms with Crippen molar-refractivity contribution in [3.05, 3.63) is 66.5 Å². The van der Waals surface area contributed by atoms with Crippen molar-refractivity contribution in [2.75, 3.05) is 0 Å². The Hall–Kier alpha value is -2.27. The van der Waals surface area contributed by atoms with Crippen molar-refractivity contribution in [2.24, 2.45) is 5.73 Å². The Kier molecular flexibility index (Phi) is 3.43. The molecule has 1 amide bonds. The predicted octanol–water partition coefficient (Wildman–Crippen LogP) is 2.65. The van der Waals surface area contributed by atoms with Crippen LogP contribution in [-0.2, 0) is 4.79 Å². The molecule has 1 aromatic carbocycles. The fraction of sp³-hybridized carbons (Fsp3) is 0.0667. The highest BCUT2D eigenvalue weighted by atomic mass is 32.2. The molecule has 20 heavy (non-hydrogen) atoms. The molecular weight excluding hydrogens is 270 g/mol. The number of hydrogen-bond acceptors (Lipinski definition) is 3. The summed E-state index contributed by atoms with van der Waals surface area (Å²) in [7, 11) is 0. The molecule has 2 N–H and O–H groups in total. The van der Waals surface area contributed by atoms with Crippen LogP contribution in [0.5, 0.6) is 0 Å². The van der Waals surface area contributed by atoms with Crippen LogP contribution >= 0.6 is 11.8 Å². The van der Waals surface area contributed by atoms with E-state index in [1.165, 1.54) is 11.8 Å². The molecule has 4 nitrogen and oxygen atoms in total. The maximum atomic E-state index is 11.7. The first kappa shape index (κ1) is 12.7. The fourth-order valence-corrected chi connectivity index (χ4v) is 3.04. The van der Waals surface area contributed by atoms with Crippen LogP contribution in [-0.4, -0.2) is 15.3 Å². The number of carbonyl (C=O) groups is 1. The van der Waals surface area contributed by atoms with Crippen molar-refractivity contribution < 1.29 is 4.79 Å². The summed E-state index contributed by atoms with van der Waals surface area (Å²) < 4.78 is 1.95. The van der Waals surface area contributed by atoms with Gasteiger partial charge in [-0.15, -0.1) is 0 Å². The third kappa shape index (κ3) is 2.40. The molecule has 0 aliphatic carbocycles. The molecule has 0 saturated carbocycles. The predicted molar refractivity (Wildman–Crippen MR) is 79.4 cm³/mol. The number of pyridine rings is 1. The van der Waals surface area contributed by atoms with Crippen molar-refractivity contribution >= 4 is 23.2 Å². The number of fused-ring (bicyclic) bond motifs is 1. The van der Waals surface area contributed by atoms with Crippen LogP contribution in [0.4, 0.5) is 0 Å². The van der Waals surface area contributed by atoms with Crippen molar-refractivity contribution in [1.82, 2.24) is 9.38 Å². The number of amides is 1. The minimum atomic E-state index is -0.443. The zero-order valence-corrected chi connectivity index (χ0v) is 11.5. The van der Waals surface area contributed by atoms with Crippen LogP contribution in [0.15, 0.2) is 66.1 Å². The van der Waals surface area contributed by atoms with Gasteiger partial charge in [-0.05, 0) is 17.7 Å². The largest absolute Gasteiger partial charge is 0.368 e. The molecular formula is C15H13N3OS. The molecule has 0 aliphatic heterocycles. The smallest absolute Gasteiger partial charge is 0.235 e. The third-order valence-corrected chi connectivity index (χ3v) is 4.24. The van der Waals surface area contributed by atoms with E-state index in [0.29, 0.717) is 0 Å². The SMILES string of the molecule is NC(=O)[C@@H](Sc1ncc2ccccn12)c1ccccc1. The third-order valence-electron chi connectivity index (χ3n) is 2.99. The van der Waals surface area contributed by atoms with E-state index in [1.54, 1.807) is 6.20 Å². The molecule has 3 aromatic rings. The number of rotatable bonds is 4. The molecule has 0 saturated heterocycles. The molecule has 0 spiro atoms. The van der Waals surface area contributed by atoms with Crippen molar-refractivity contribution in [3.63, 3.8) is 0 Å². The Bertz CT molecular complexity index is 739. The second kappa shape index (κ2) is 5.38. The molecule has 0 fully saturated rings. The highest BCUT2D eigenvalue weighted by Crippen LogP contribution is 2.34. The molecule has 100 valence electrons. The number of imidazole rings is 1. The average Bonchev–Trinajstić information content (AvgIpc) is 2.88. The molecule has 0 aliphatic rings. The Morgan fingerprint density at radius 2 is 1.90 bits per heavy atom. The molecule has 0 bridgehead atoms. The first-order chi connectivity index (χ1) is 9.75. The van der Waals surface area contributed by atoms with Gasteiger partial charge in [0.25, 0.3) is 0 Å². The Morgan fingerprint density at radius 3 is 2.65 bits per heavy atom. The second-order valence-corrected chi connectivity index (χ2v) is 5.42. The molecule has 2 aromatic heterocycles. The lowest BCUT2D eigenvalue weighted by Gasteiger charge is -2.12. The number of carbonyl (C=O) groups excluding carboxylic acids is 1. The first-order valence-corrected chi connectivity index (χ1v) is 7.06. The van der Waals surface area contributed by atoms with Gasteiger partial charge in [-0.3, -0.25) is 9.20 Å². The van der Waals surface area contributed by atoms with E-state index in [0.717, 1.165) is 16.2 Å². The summed E-state index contributed by atoms with van der Waals surface area (Å²) >= 11 is 1.36. The zero-order valence-electron chi connectivity index (χ0n) is 10.6. The highest BCUT2D eigenvalue weighted by Gasteiger charge is 2.21. The quantitative estimate of drug-likeness (QED) is 0.749. The molecule has 3 rings (SSSR count). The number of hydrogen-bond donors (Lipinski definition) is 1. The van der Waals surface area contributed by atoms with Gasteiger partial charge in [0, 0.05) is 6.20 Å². The van der Waals surface area contributed by atoms with E-state index in [-0.39, 0.29) is 5.91 Å². The molecule has 2 heterocycles. The van der Waals surface area contributed by atoms with Gasteiger partial charge in [0.2, 0.25) is 5.91 Å². The van der Waals surface area contributed by atoms with Gasteiger partial charge in [0.1, 0.15) is 5.25 Å². The maximum absolute atomic E-state index is 11.7. The highest BCUT2D eigenvalue weighted by molar-refractivity contribution is 8.00. The summed E-state index contributed by atoms with van der Waals surface area (Å²) in [4.78, 5) is 16.1. The number of nitrogens with two attached hydrogens (primary N) is 1. The number of thioether (sulfide) groups is 1. The monoisotopic (exact) mass is 283 g/mol. The van der Waals surface area contributed by atoms with E-state index in [9.17, 15) is 4.79 Å². The normalized spacial score (nSPS) is 12.4. The van der Waals surface area contributed by atoms with Crippen LogP contribution < -0.4 is 5.73 Å². The summed E-state index contributed by atoms with van der Waals surface area (Å²) in [6.45, 7) is 0. The summed E-state index contributed by atoms with van der Waals surface area (Å²) in [5.41, 5.74) is 7.41. The second-order valence-electron chi connectivity index (χ2n) is 4.35. The number of primary amides is 1. The van der Waals surface area contributed by atoms with Crippen LogP contribution in [0, 0.1) is 0 Å². The van der Waals surface area contributed by atoms with E-state index in [2.05, 4.69) is 4.98 Å². The molecule has 0 unspecified atom stereocenters. The van der Waals surface area contributed by atoms with E-state index in [1.807, 2.05) is 59.1 Å². The van der Waals surface area contributed by atoms with Gasteiger partial charge in [-0.25, -0.2) is 4.98 Å². The fourth-order valence-electron chi connectivity index (χ4n) is 2.03. The summed E-state index contributed by atoms with van der Waals surface area (Å²) in [6, 6.07) is 15.4. The van der Waals surface area contributed by atoms with E-state index < -0.39 is 5.25 Å². The van der Waals surface area contributed by atoms with Gasteiger partial charge in [-0.2, -0.15) is 0 Å². The maximum Gasteiger partial charge on any atom is 0.235 e. The average molecular weight is 283 g/mol. The lowest BCUT2D eigenvalue weighted by Crippen LogP contribution is -2.19. The molecule has 1 atom stereocenters. The van der Waals surface area contributed by atoms with Gasteiger partial charge in [0.05, 0.1) is 11.7 Å². The summed E-state index contributed by atoms with van der Waals surface area (Å²) in [5.74, 6) is -0.367. The minimum Gasteiger partial charge on any atom is -0.368 e.